The van der Waals surface area contributed by atoms with Gasteiger partial charge < -0.3 is 9.52 Å². The highest BCUT2D eigenvalue weighted by atomic mass is 16.4. The molecule has 84 valence electrons. The fourth-order valence-corrected chi connectivity index (χ4v) is 1.29. The lowest BCUT2D eigenvalue weighted by atomic mass is 10.4. The van der Waals surface area contributed by atoms with Crippen LogP contribution in [-0.4, -0.2) is 31.3 Å². The summed E-state index contributed by atoms with van der Waals surface area (Å²) in [5.74, 6) is 0.835. The molecule has 0 amide bonds. The van der Waals surface area contributed by atoms with E-state index in [1.807, 2.05) is 6.92 Å². The van der Waals surface area contributed by atoms with Gasteiger partial charge in [-0.25, -0.2) is 4.68 Å². The van der Waals surface area contributed by atoms with Crippen LogP contribution in [-0.2, 0) is 11.3 Å². The molecule has 2 heterocycles. The highest BCUT2D eigenvalue weighted by Gasteiger charge is 2.12. The van der Waals surface area contributed by atoms with E-state index in [1.165, 1.54) is 4.68 Å². The van der Waals surface area contributed by atoms with Crippen LogP contribution in [0.4, 0.5) is 0 Å². The molecule has 0 unspecified atom stereocenters. The highest BCUT2D eigenvalue weighted by molar-refractivity contribution is 5.66. The van der Waals surface area contributed by atoms with Gasteiger partial charge >= 0.3 is 5.97 Å². The van der Waals surface area contributed by atoms with Gasteiger partial charge in [-0.2, -0.15) is 0 Å². The van der Waals surface area contributed by atoms with E-state index in [0.29, 0.717) is 11.6 Å². The second-order valence-electron chi connectivity index (χ2n) is 3.28. The molecular weight excluding hydrogens is 212 g/mol. The molecule has 2 rings (SSSR count). The van der Waals surface area contributed by atoms with E-state index < -0.39 is 5.97 Å². The van der Waals surface area contributed by atoms with Crippen molar-refractivity contribution in [1.29, 1.82) is 0 Å². The first-order chi connectivity index (χ1) is 7.66. The lowest BCUT2D eigenvalue weighted by Crippen LogP contribution is -2.07. The highest BCUT2D eigenvalue weighted by Crippen LogP contribution is 2.18. The molecule has 1 N–H and O–H groups in total. The minimum atomic E-state index is -0.892. The zero-order valence-corrected chi connectivity index (χ0v) is 8.62. The lowest BCUT2D eigenvalue weighted by Gasteiger charge is -1.99. The van der Waals surface area contributed by atoms with Crippen LogP contribution in [0, 0.1) is 6.92 Å². The van der Waals surface area contributed by atoms with Crippen LogP contribution in [0.3, 0.4) is 0 Å². The molecule has 0 aliphatic carbocycles. The third-order valence-electron chi connectivity index (χ3n) is 2.03. The van der Waals surface area contributed by atoms with Crippen molar-refractivity contribution in [2.24, 2.45) is 0 Å². The first kappa shape index (κ1) is 10.3. The van der Waals surface area contributed by atoms with Gasteiger partial charge in [0.2, 0.25) is 5.82 Å². The molecule has 0 aliphatic rings. The minimum Gasteiger partial charge on any atom is -0.481 e. The number of carboxylic acid groups (broad SMARTS) is 1. The molecule has 2 aromatic heterocycles. The Labute approximate surface area is 90.7 Å². The van der Waals surface area contributed by atoms with Gasteiger partial charge in [-0.05, 0) is 29.5 Å². The zero-order chi connectivity index (χ0) is 11.5. The zero-order valence-electron chi connectivity index (χ0n) is 8.62. The number of furan rings is 1. The average Bonchev–Trinajstić information content (AvgIpc) is 2.82. The number of aromatic nitrogens is 4. The van der Waals surface area contributed by atoms with Crippen molar-refractivity contribution in [2.75, 3.05) is 0 Å². The largest absolute Gasteiger partial charge is 0.481 e. The summed E-state index contributed by atoms with van der Waals surface area (Å²) in [7, 11) is 0. The molecule has 7 heteroatoms. The van der Waals surface area contributed by atoms with Crippen molar-refractivity contribution in [1.82, 2.24) is 20.2 Å². The second kappa shape index (κ2) is 4.13. The molecule has 0 aromatic carbocycles. The van der Waals surface area contributed by atoms with Crippen molar-refractivity contribution in [3.63, 3.8) is 0 Å². The van der Waals surface area contributed by atoms with Crippen LogP contribution in [0.1, 0.15) is 12.2 Å². The maximum absolute atomic E-state index is 10.4. The number of hydrogen-bond donors (Lipinski definition) is 1. The number of carbonyl (C=O) groups is 1. The van der Waals surface area contributed by atoms with Gasteiger partial charge in [0, 0.05) is 0 Å². The number of aryl methyl sites for hydroxylation is 2. The number of aliphatic carboxylic acids is 1. The summed E-state index contributed by atoms with van der Waals surface area (Å²) in [6.45, 7) is 2.03. The Morgan fingerprint density at radius 2 is 2.38 bits per heavy atom. The van der Waals surface area contributed by atoms with E-state index in [-0.39, 0.29) is 13.0 Å². The molecule has 16 heavy (non-hydrogen) atoms. The van der Waals surface area contributed by atoms with Gasteiger partial charge in [0.1, 0.15) is 5.76 Å². The molecule has 0 fully saturated rings. The molecule has 0 atom stereocenters. The van der Waals surface area contributed by atoms with E-state index in [1.54, 1.807) is 12.1 Å². The summed E-state index contributed by atoms with van der Waals surface area (Å²) in [6.07, 6.45) is -0.0300. The Kier molecular flexibility index (Phi) is 2.67. The predicted molar refractivity (Wildman–Crippen MR) is 52.5 cm³/mol. The van der Waals surface area contributed by atoms with Crippen LogP contribution >= 0.6 is 0 Å². The molecule has 0 saturated carbocycles. The fourth-order valence-electron chi connectivity index (χ4n) is 1.29. The quantitative estimate of drug-likeness (QED) is 0.818. The van der Waals surface area contributed by atoms with Crippen LogP contribution < -0.4 is 0 Å². The van der Waals surface area contributed by atoms with Gasteiger partial charge in [0.05, 0.1) is 13.0 Å². The van der Waals surface area contributed by atoms with Gasteiger partial charge in [-0.3, -0.25) is 4.79 Å². The Morgan fingerprint density at radius 1 is 1.56 bits per heavy atom. The molecule has 0 bridgehead atoms. The standard InChI is InChI=1S/C9H10N4O3/c1-6-2-3-7(16-6)9-10-11-12-13(9)5-4-8(14)15/h2-3H,4-5H2,1H3,(H,14,15). The first-order valence-corrected chi connectivity index (χ1v) is 4.71. The van der Waals surface area contributed by atoms with Crippen LogP contribution in [0.25, 0.3) is 11.6 Å². The van der Waals surface area contributed by atoms with Crippen LogP contribution in [0.15, 0.2) is 16.5 Å². The Bertz CT molecular complexity index is 502. The Morgan fingerprint density at radius 3 is 3.00 bits per heavy atom. The summed E-state index contributed by atoms with van der Waals surface area (Å²) in [6, 6.07) is 3.55. The molecule has 7 nitrogen and oxygen atoms in total. The smallest absolute Gasteiger partial charge is 0.305 e. The van der Waals surface area contributed by atoms with E-state index in [0.717, 1.165) is 5.76 Å². The third-order valence-corrected chi connectivity index (χ3v) is 2.03. The maximum atomic E-state index is 10.4. The average molecular weight is 222 g/mol. The first-order valence-electron chi connectivity index (χ1n) is 4.71. The number of nitrogens with zero attached hydrogens (tertiary/aromatic N) is 4. The van der Waals surface area contributed by atoms with E-state index in [4.69, 9.17) is 9.52 Å². The number of carboxylic acids is 1. The number of tetrazole rings is 1. The summed E-state index contributed by atoms with van der Waals surface area (Å²) < 4.78 is 6.77. The van der Waals surface area contributed by atoms with E-state index in [2.05, 4.69) is 15.5 Å². The van der Waals surface area contributed by atoms with Crippen LogP contribution in [0.5, 0.6) is 0 Å². The monoisotopic (exact) mass is 222 g/mol. The van der Waals surface area contributed by atoms with Crippen molar-refractivity contribution < 1.29 is 14.3 Å². The van der Waals surface area contributed by atoms with Gasteiger partial charge in [0.15, 0.2) is 5.76 Å². The molecule has 0 saturated heterocycles. The normalized spacial score (nSPS) is 10.6. The Hall–Kier alpha value is -2.18. The predicted octanol–water partition coefficient (Wildman–Crippen LogP) is 0.716. The number of hydrogen-bond acceptors (Lipinski definition) is 5. The maximum Gasteiger partial charge on any atom is 0.305 e. The SMILES string of the molecule is Cc1ccc(-c2nnnn2CCC(=O)O)o1. The van der Waals surface area contributed by atoms with Crippen molar-refractivity contribution >= 4 is 5.97 Å². The molecule has 2 aromatic rings. The molecule has 0 spiro atoms. The Balaban J connectivity index is 2.22. The van der Waals surface area contributed by atoms with E-state index in [9.17, 15) is 4.79 Å². The summed E-state index contributed by atoms with van der Waals surface area (Å²) in [4.78, 5) is 10.4. The summed E-state index contributed by atoms with van der Waals surface area (Å²) >= 11 is 0. The third kappa shape index (κ3) is 2.08. The molecule has 0 radical (unpaired) electrons. The fraction of sp³-hybridized carbons (Fsp3) is 0.333. The van der Waals surface area contributed by atoms with Crippen molar-refractivity contribution in [2.45, 2.75) is 19.9 Å². The van der Waals surface area contributed by atoms with Crippen molar-refractivity contribution in [3.05, 3.63) is 17.9 Å². The van der Waals surface area contributed by atoms with Crippen molar-refractivity contribution in [3.8, 4) is 11.6 Å². The summed E-state index contributed by atoms with van der Waals surface area (Å²) in [5, 5.41) is 19.6. The minimum absolute atomic E-state index is 0.0300. The lowest BCUT2D eigenvalue weighted by molar-refractivity contribution is -0.137. The topological polar surface area (TPSA) is 94.0 Å². The van der Waals surface area contributed by atoms with Gasteiger partial charge in [-0.1, -0.05) is 0 Å². The van der Waals surface area contributed by atoms with E-state index >= 15 is 0 Å². The van der Waals surface area contributed by atoms with Gasteiger partial charge in [-0.15, -0.1) is 5.10 Å². The summed E-state index contributed by atoms with van der Waals surface area (Å²) in [5.41, 5.74) is 0. The molecular formula is C9H10N4O3. The van der Waals surface area contributed by atoms with Crippen LogP contribution in [0.2, 0.25) is 0 Å². The second-order valence-corrected chi connectivity index (χ2v) is 3.28. The molecule has 0 aliphatic heterocycles. The van der Waals surface area contributed by atoms with Gasteiger partial charge in [0.25, 0.3) is 0 Å². The number of rotatable bonds is 4.